The van der Waals surface area contributed by atoms with Crippen molar-refractivity contribution in [2.24, 2.45) is 0 Å². The Morgan fingerprint density at radius 1 is 1.15 bits per heavy atom. The molecule has 5 nitrogen and oxygen atoms in total. The van der Waals surface area contributed by atoms with Crippen molar-refractivity contribution in [3.8, 4) is 0 Å². The van der Waals surface area contributed by atoms with Crippen LogP contribution in [0.15, 0.2) is 42.5 Å². The van der Waals surface area contributed by atoms with Gasteiger partial charge in [-0.1, -0.05) is 6.07 Å². The quantitative estimate of drug-likeness (QED) is 0.816. The highest BCUT2D eigenvalue weighted by Gasteiger charge is 2.21. The van der Waals surface area contributed by atoms with Gasteiger partial charge in [0.1, 0.15) is 0 Å². The van der Waals surface area contributed by atoms with E-state index in [1.54, 1.807) is 36.1 Å². The molecule has 7 heteroatoms. The lowest BCUT2D eigenvalue weighted by Gasteiger charge is -2.16. The van der Waals surface area contributed by atoms with Crippen LogP contribution >= 0.6 is 0 Å². The average Bonchev–Trinajstić information content (AvgIpc) is 3.08. The largest absolute Gasteiger partial charge is 0.325 e. The summed E-state index contributed by atoms with van der Waals surface area (Å²) in [5, 5.41) is 5.73. The number of anilines is 2. The normalized spacial score (nSPS) is 15.1. The molecule has 3 rings (SSSR count). The summed E-state index contributed by atoms with van der Waals surface area (Å²) in [6, 6.07) is 10.4. The Balaban J connectivity index is 1.51. The molecule has 2 aromatic rings. The molecule has 2 N–H and O–H groups in total. The van der Waals surface area contributed by atoms with Gasteiger partial charge in [0, 0.05) is 30.4 Å². The summed E-state index contributed by atoms with van der Waals surface area (Å²) in [5.74, 6) is -1.96. The van der Waals surface area contributed by atoms with Crippen LogP contribution in [-0.4, -0.2) is 24.9 Å². The van der Waals surface area contributed by atoms with Crippen molar-refractivity contribution in [3.05, 3.63) is 59.7 Å². The number of benzene rings is 2. The summed E-state index contributed by atoms with van der Waals surface area (Å²) < 4.78 is 26.3. The van der Waals surface area contributed by atoms with Crippen LogP contribution in [0.2, 0.25) is 0 Å². The molecule has 0 spiro atoms. The number of rotatable bonds is 6. The van der Waals surface area contributed by atoms with Crippen LogP contribution in [0.5, 0.6) is 0 Å². The number of nitrogens with zero attached hydrogens (tertiary/aromatic N) is 1. The SMILES string of the molecule is C[C@H](NCC(=O)Nc1ccc(N2CCCC2=O)cc1)c1ccc(F)c(F)c1. The van der Waals surface area contributed by atoms with Crippen molar-refractivity contribution in [3.63, 3.8) is 0 Å². The van der Waals surface area contributed by atoms with Gasteiger partial charge in [0.25, 0.3) is 0 Å². The number of amides is 2. The van der Waals surface area contributed by atoms with Crippen molar-refractivity contribution >= 4 is 23.2 Å². The maximum Gasteiger partial charge on any atom is 0.238 e. The van der Waals surface area contributed by atoms with Crippen LogP contribution in [0, 0.1) is 11.6 Å². The summed E-state index contributed by atoms with van der Waals surface area (Å²) >= 11 is 0. The van der Waals surface area contributed by atoms with E-state index in [9.17, 15) is 18.4 Å². The third-order valence-electron chi connectivity index (χ3n) is 4.55. The summed E-state index contributed by atoms with van der Waals surface area (Å²) in [7, 11) is 0. The number of carbonyl (C=O) groups excluding carboxylic acids is 2. The second-order valence-electron chi connectivity index (χ2n) is 6.52. The number of nitrogens with one attached hydrogen (secondary N) is 2. The van der Waals surface area contributed by atoms with Gasteiger partial charge in [-0.3, -0.25) is 9.59 Å². The molecule has 0 bridgehead atoms. The average molecular weight is 373 g/mol. The van der Waals surface area contributed by atoms with E-state index in [1.165, 1.54) is 6.07 Å². The second kappa shape index (κ2) is 8.26. The lowest BCUT2D eigenvalue weighted by molar-refractivity contribution is -0.117. The molecule has 0 aromatic heterocycles. The lowest BCUT2D eigenvalue weighted by atomic mass is 10.1. The molecule has 0 unspecified atom stereocenters. The van der Waals surface area contributed by atoms with Crippen LogP contribution in [0.25, 0.3) is 0 Å². The second-order valence-corrected chi connectivity index (χ2v) is 6.52. The first-order valence-corrected chi connectivity index (χ1v) is 8.82. The van der Waals surface area contributed by atoms with Gasteiger partial charge in [-0.2, -0.15) is 0 Å². The molecule has 27 heavy (non-hydrogen) atoms. The first kappa shape index (κ1) is 19.0. The Bertz CT molecular complexity index is 840. The van der Waals surface area contributed by atoms with E-state index >= 15 is 0 Å². The van der Waals surface area contributed by atoms with Crippen LogP contribution in [0.3, 0.4) is 0 Å². The van der Waals surface area contributed by atoms with Crippen LogP contribution in [0.1, 0.15) is 31.4 Å². The zero-order valence-electron chi connectivity index (χ0n) is 15.0. The van der Waals surface area contributed by atoms with Crippen molar-refractivity contribution in [2.45, 2.75) is 25.8 Å². The molecule has 1 atom stereocenters. The Hall–Kier alpha value is -2.80. The van der Waals surface area contributed by atoms with Gasteiger partial charge in [-0.15, -0.1) is 0 Å². The van der Waals surface area contributed by atoms with Crippen LogP contribution in [0.4, 0.5) is 20.2 Å². The Kier molecular flexibility index (Phi) is 5.81. The monoisotopic (exact) mass is 373 g/mol. The van der Waals surface area contributed by atoms with Crippen molar-refractivity contribution in [2.75, 3.05) is 23.3 Å². The smallest absolute Gasteiger partial charge is 0.238 e. The number of hydrogen-bond donors (Lipinski definition) is 2. The molecule has 2 amide bonds. The molecule has 1 saturated heterocycles. The Morgan fingerprint density at radius 2 is 1.89 bits per heavy atom. The third-order valence-corrected chi connectivity index (χ3v) is 4.55. The molecular formula is C20H21F2N3O2. The fraction of sp³-hybridized carbons (Fsp3) is 0.300. The van der Waals surface area contributed by atoms with Crippen LogP contribution in [-0.2, 0) is 9.59 Å². The first-order valence-electron chi connectivity index (χ1n) is 8.82. The minimum Gasteiger partial charge on any atom is -0.325 e. The van der Waals surface area contributed by atoms with Gasteiger partial charge in [-0.25, -0.2) is 8.78 Å². The molecule has 2 aromatic carbocycles. The minimum absolute atomic E-state index is 0.0204. The molecule has 0 radical (unpaired) electrons. The summed E-state index contributed by atoms with van der Waals surface area (Å²) in [5.41, 5.74) is 2.00. The number of halogens is 2. The first-order chi connectivity index (χ1) is 12.9. The van der Waals surface area contributed by atoms with Gasteiger partial charge in [0.15, 0.2) is 11.6 Å². The molecule has 0 aliphatic carbocycles. The standard InChI is InChI=1S/C20H21F2N3O2/c1-13(14-4-9-17(21)18(22)11-14)23-12-19(26)24-15-5-7-16(8-6-15)25-10-2-3-20(25)27/h4-9,11,13,23H,2-3,10,12H2,1H3,(H,24,26)/t13-/m0/s1. The number of carbonyl (C=O) groups is 2. The topological polar surface area (TPSA) is 61.4 Å². The van der Waals surface area contributed by atoms with E-state index < -0.39 is 11.6 Å². The van der Waals surface area contributed by atoms with Crippen molar-refractivity contribution < 1.29 is 18.4 Å². The van der Waals surface area contributed by atoms with Gasteiger partial charge in [0.2, 0.25) is 11.8 Å². The van der Waals surface area contributed by atoms with Gasteiger partial charge >= 0.3 is 0 Å². The molecule has 1 aliphatic rings. The van der Waals surface area contributed by atoms with Gasteiger partial charge in [0.05, 0.1) is 6.54 Å². The van der Waals surface area contributed by atoms with Gasteiger partial charge in [-0.05, 0) is 55.3 Å². The minimum atomic E-state index is -0.915. The van der Waals surface area contributed by atoms with Crippen molar-refractivity contribution in [1.82, 2.24) is 5.32 Å². The highest BCUT2D eigenvalue weighted by molar-refractivity contribution is 5.96. The fourth-order valence-corrected chi connectivity index (χ4v) is 3.00. The summed E-state index contributed by atoms with van der Waals surface area (Å²) in [6.45, 7) is 2.50. The summed E-state index contributed by atoms with van der Waals surface area (Å²) in [6.07, 6.45) is 1.43. The molecule has 1 heterocycles. The molecule has 1 aliphatic heterocycles. The highest BCUT2D eigenvalue weighted by Crippen LogP contribution is 2.23. The summed E-state index contributed by atoms with van der Waals surface area (Å²) in [4.78, 5) is 25.6. The molecule has 1 fully saturated rings. The Morgan fingerprint density at radius 3 is 2.52 bits per heavy atom. The van der Waals surface area contributed by atoms with E-state index in [0.717, 1.165) is 30.8 Å². The predicted molar refractivity (Wildman–Crippen MR) is 99.4 cm³/mol. The van der Waals surface area contributed by atoms with Crippen molar-refractivity contribution in [1.29, 1.82) is 0 Å². The fourth-order valence-electron chi connectivity index (χ4n) is 3.00. The van der Waals surface area contributed by atoms with E-state index in [2.05, 4.69) is 10.6 Å². The maximum absolute atomic E-state index is 13.3. The zero-order valence-corrected chi connectivity index (χ0v) is 15.0. The highest BCUT2D eigenvalue weighted by atomic mass is 19.2. The van der Waals surface area contributed by atoms with E-state index in [0.29, 0.717) is 17.7 Å². The molecule has 142 valence electrons. The van der Waals surface area contributed by atoms with Gasteiger partial charge < -0.3 is 15.5 Å². The zero-order chi connectivity index (χ0) is 19.4. The van der Waals surface area contributed by atoms with E-state index in [-0.39, 0.29) is 24.4 Å². The third kappa shape index (κ3) is 4.68. The predicted octanol–water partition coefficient (Wildman–Crippen LogP) is 3.38. The van der Waals surface area contributed by atoms with Crippen LogP contribution < -0.4 is 15.5 Å². The number of hydrogen-bond acceptors (Lipinski definition) is 3. The van der Waals surface area contributed by atoms with E-state index in [1.807, 2.05) is 0 Å². The molecular weight excluding hydrogens is 352 g/mol. The van der Waals surface area contributed by atoms with E-state index in [4.69, 9.17) is 0 Å². The maximum atomic E-state index is 13.3. The molecule has 0 saturated carbocycles. The lowest BCUT2D eigenvalue weighted by Crippen LogP contribution is -2.30. The Labute approximate surface area is 156 Å².